The third kappa shape index (κ3) is 2.85. The summed E-state index contributed by atoms with van der Waals surface area (Å²) >= 11 is 0. The first-order chi connectivity index (χ1) is 9.56. The number of halogens is 1. The normalized spacial score (nSPS) is 12.4. The molecule has 108 valence electrons. The molecular weight excluding hydrogens is 257 g/mol. The topological polar surface area (TPSA) is 34.4 Å². The van der Waals surface area contributed by atoms with E-state index in [1.54, 1.807) is 12.1 Å². The fourth-order valence-corrected chi connectivity index (χ4v) is 2.40. The number of methoxy groups -OCH3 is 1. The zero-order chi connectivity index (χ0) is 14.7. The predicted molar refractivity (Wildman–Crippen MR) is 76.7 cm³/mol. The molecule has 4 heteroatoms. The fraction of sp³-hybridized carbons (Fsp3) is 0.375. The van der Waals surface area contributed by atoms with Crippen molar-refractivity contribution in [2.45, 2.75) is 26.8 Å². The smallest absolute Gasteiger partial charge is 0.132 e. The van der Waals surface area contributed by atoms with Crippen LogP contribution in [0.3, 0.4) is 0 Å². The number of nitrogens with one attached hydrogen (secondary N) is 1. The molecule has 20 heavy (non-hydrogen) atoms. The minimum atomic E-state index is -0.284. The molecule has 1 atom stereocenters. The molecule has 1 aromatic heterocycles. The first-order valence-corrected chi connectivity index (χ1v) is 6.70. The van der Waals surface area contributed by atoms with Gasteiger partial charge >= 0.3 is 0 Å². The van der Waals surface area contributed by atoms with Crippen LogP contribution in [0.15, 0.2) is 28.7 Å². The van der Waals surface area contributed by atoms with Crippen molar-refractivity contribution in [3.05, 3.63) is 52.7 Å². The maximum absolute atomic E-state index is 14.3. The largest absolute Gasteiger partial charge is 0.497 e. The Bertz CT molecular complexity index is 592. The zero-order valence-corrected chi connectivity index (χ0v) is 12.3. The van der Waals surface area contributed by atoms with E-state index in [2.05, 4.69) is 5.32 Å². The van der Waals surface area contributed by atoms with E-state index in [4.69, 9.17) is 9.15 Å². The Balaban J connectivity index is 2.45. The molecule has 0 saturated carbocycles. The van der Waals surface area contributed by atoms with Gasteiger partial charge in [0.15, 0.2) is 0 Å². The van der Waals surface area contributed by atoms with Gasteiger partial charge in [-0.25, -0.2) is 4.39 Å². The van der Waals surface area contributed by atoms with E-state index in [0.29, 0.717) is 11.3 Å². The molecule has 1 aromatic carbocycles. The zero-order valence-electron chi connectivity index (χ0n) is 12.3. The third-order valence-electron chi connectivity index (χ3n) is 3.32. The molecule has 1 unspecified atom stereocenters. The first-order valence-electron chi connectivity index (χ1n) is 6.70. The van der Waals surface area contributed by atoms with Crippen molar-refractivity contribution in [2.75, 3.05) is 13.7 Å². The summed E-state index contributed by atoms with van der Waals surface area (Å²) in [5, 5.41) is 3.31. The number of furan rings is 1. The van der Waals surface area contributed by atoms with E-state index in [1.807, 2.05) is 26.8 Å². The Labute approximate surface area is 118 Å². The summed E-state index contributed by atoms with van der Waals surface area (Å²) in [6.45, 7) is 6.52. The Morgan fingerprint density at radius 2 is 2.00 bits per heavy atom. The standard InChI is InChI=1S/C16H20FNO2/c1-5-18-16(14-8-10(2)20-11(14)3)13-7-6-12(19-4)9-15(13)17/h6-9,16,18H,5H2,1-4H3. The average molecular weight is 277 g/mol. The Morgan fingerprint density at radius 1 is 1.25 bits per heavy atom. The monoisotopic (exact) mass is 277 g/mol. The molecule has 1 heterocycles. The molecule has 0 saturated heterocycles. The van der Waals surface area contributed by atoms with Crippen molar-refractivity contribution in [1.82, 2.24) is 5.32 Å². The molecule has 2 aromatic rings. The van der Waals surface area contributed by atoms with Crippen LogP contribution in [-0.4, -0.2) is 13.7 Å². The van der Waals surface area contributed by atoms with Gasteiger partial charge in [0.2, 0.25) is 0 Å². The van der Waals surface area contributed by atoms with Crippen LogP contribution in [0, 0.1) is 19.7 Å². The van der Waals surface area contributed by atoms with Crippen LogP contribution in [0.2, 0.25) is 0 Å². The fourth-order valence-electron chi connectivity index (χ4n) is 2.40. The summed E-state index contributed by atoms with van der Waals surface area (Å²) in [6.07, 6.45) is 0. The van der Waals surface area contributed by atoms with E-state index < -0.39 is 0 Å². The number of benzene rings is 1. The van der Waals surface area contributed by atoms with Gasteiger partial charge in [0.1, 0.15) is 23.1 Å². The first kappa shape index (κ1) is 14.6. The second kappa shape index (κ2) is 6.09. The molecule has 0 amide bonds. The lowest BCUT2D eigenvalue weighted by atomic mass is 9.98. The SMILES string of the molecule is CCNC(c1ccc(OC)cc1F)c1cc(C)oc1C. The van der Waals surface area contributed by atoms with Crippen LogP contribution in [-0.2, 0) is 0 Å². The lowest BCUT2D eigenvalue weighted by Gasteiger charge is -2.19. The highest BCUT2D eigenvalue weighted by molar-refractivity contribution is 5.38. The average Bonchev–Trinajstić information content (AvgIpc) is 2.75. The summed E-state index contributed by atoms with van der Waals surface area (Å²) in [4.78, 5) is 0. The highest BCUT2D eigenvalue weighted by atomic mass is 19.1. The minimum absolute atomic E-state index is 0.219. The summed E-state index contributed by atoms with van der Waals surface area (Å²) in [5.74, 6) is 1.87. The van der Waals surface area contributed by atoms with Gasteiger partial charge in [0, 0.05) is 17.2 Å². The maximum atomic E-state index is 14.3. The second-order valence-corrected chi connectivity index (χ2v) is 4.75. The molecule has 0 radical (unpaired) electrons. The molecule has 0 fully saturated rings. The van der Waals surface area contributed by atoms with Gasteiger partial charge in [-0.3, -0.25) is 0 Å². The quantitative estimate of drug-likeness (QED) is 0.904. The number of ether oxygens (including phenoxy) is 1. The Morgan fingerprint density at radius 3 is 2.50 bits per heavy atom. The lowest BCUT2D eigenvalue weighted by Crippen LogP contribution is -2.23. The molecule has 3 nitrogen and oxygen atoms in total. The lowest BCUT2D eigenvalue weighted by molar-refractivity contribution is 0.410. The van der Waals surface area contributed by atoms with Crippen molar-refractivity contribution in [3.63, 3.8) is 0 Å². The highest BCUT2D eigenvalue weighted by Gasteiger charge is 2.21. The number of aryl methyl sites for hydroxylation is 2. The maximum Gasteiger partial charge on any atom is 0.132 e. The molecule has 0 bridgehead atoms. The van der Waals surface area contributed by atoms with Gasteiger partial charge in [-0.05, 0) is 32.5 Å². The number of rotatable bonds is 5. The van der Waals surface area contributed by atoms with E-state index in [-0.39, 0.29) is 11.9 Å². The summed E-state index contributed by atoms with van der Waals surface area (Å²) < 4.78 is 24.9. The van der Waals surface area contributed by atoms with Gasteiger partial charge < -0.3 is 14.5 Å². The van der Waals surface area contributed by atoms with E-state index >= 15 is 0 Å². The van der Waals surface area contributed by atoms with E-state index in [1.165, 1.54) is 13.2 Å². The molecule has 0 spiro atoms. The predicted octanol–water partition coefficient (Wildman–Crippen LogP) is 3.74. The van der Waals surface area contributed by atoms with Crippen LogP contribution in [0.1, 0.15) is 35.6 Å². The van der Waals surface area contributed by atoms with Crippen LogP contribution in [0.25, 0.3) is 0 Å². The molecule has 2 rings (SSSR count). The van der Waals surface area contributed by atoms with E-state index in [0.717, 1.165) is 23.6 Å². The second-order valence-electron chi connectivity index (χ2n) is 4.75. The number of hydrogen-bond acceptors (Lipinski definition) is 3. The van der Waals surface area contributed by atoms with Gasteiger partial charge in [0.05, 0.1) is 13.2 Å². The molecule has 0 aliphatic heterocycles. The van der Waals surface area contributed by atoms with Crippen molar-refractivity contribution >= 4 is 0 Å². The molecule has 0 aliphatic rings. The van der Waals surface area contributed by atoms with Crippen molar-refractivity contribution in [2.24, 2.45) is 0 Å². The minimum Gasteiger partial charge on any atom is -0.497 e. The third-order valence-corrected chi connectivity index (χ3v) is 3.32. The van der Waals surface area contributed by atoms with Gasteiger partial charge in [0.25, 0.3) is 0 Å². The van der Waals surface area contributed by atoms with Gasteiger partial charge in [-0.1, -0.05) is 13.0 Å². The van der Waals surface area contributed by atoms with Crippen LogP contribution >= 0.6 is 0 Å². The molecular formula is C16H20FNO2. The number of hydrogen-bond donors (Lipinski definition) is 1. The van der Waals surface area contributed by atoms with Crippen LogP contribution < -0.4 is 10.1 Å². The van der Waals surface area contributed by atoms with Crippen LogP contribution in [0.4, 0.5) is 4.39 Å². The molecule has 1 N–H and O–H groups in total. The summed E-state index contributed by atoms with van der Waals surface area (Å²) in [7, 11) is 1.53. The van der Waals surface area contributed by atoms with Gasteiger partial charge in [-0.2, -0.15) is 0 Å². The van der Waals surface area contributed by atoms with Crippen molar-refractivity contribution < 1.29 is 13.5 Å². The van der Waals surface area contributed by atoms with Crippen molar-refractivity contribution in [3.8, 4) is 5.75 Å². The Kier molecular flexibility index (Phi) is 4.45. The Hall–Kier alpha value is -1.81. The summed E-state index contributed by atoms with van der Waals surface area (Å²) in [6, 6.07) is 6.66. The van der Waals surface area contributed by atoms with E-state index in [9.17, 15) is 4.39 Å². The summed E-state index contributed by atoms with van der Waals surface area (Å²) in [5.41, 5.74) is 1.56. The highest BCUT2D eigenvalue weighted by Crippen LogP contribution is 2.30. The van der Waals surface area contributed by atoms with Gasteiger partial charge in [-0.15, -0.1) is 0 Å². The molecule has 0 aliphatic carbocycles. The van der Waals surface area contributed by atoms with Crippen LogP contribution in [0.5, 0.6) is 5.75 Å². The van der Waals surface area contributed by atoms with Crippen molar-refractivity contribution in [1.29, 1.82) is 0 Å².